The van der Waals surface area contributed by atoms with Gasteiger partial charge in [-0.25, -0.2) is 0 Å². The lowest BCUT2D eigenvalue weighted by molar-refractivity contribution is 0.0785. The Labute approximate surface area is 149 Å². The number of fused-ring (bicyclic) bond motifs is 1. The molecule has 2 aromatic rings. The minimum atomic E-state index is 0. The first kappa shape index (κ1) is 18.3. The zero-order valence-corrected chi connectivity index (χ0v) is 14.9. The SMILES string of the molecule is CCOc1ccc(CN(C)C(=O)c2ccc3c(c2)CNC3)cc1.Cl. The monoisotopic (exact) mass is 346 g/mol. The van der Waals surface area contributed by atoms with E-state index in [9.17, 15) is 4.79 Å². The number of nitrogens with one attached hydrogen (secondary N) is 1. The second-order valence-corrected chi connectivity index (χ2v) is 5.83. The highest BCUT2D eigenvalue weighted by atomic mass is 35.5. The summed E-state index contributed by atoms with van der Waals surface area (Å²) in [7, 11) is 1.84. The van der Waals surface area contributed by atoms with Crippen molar-refractivity contribution >= 4 is 18.3 Å². The van der Waals surface area contributed by atoms with Gasteiger partial charge in [0.1, 0.15) is 5.75 Å². The summed E-state index contributed by atoms with van der Waals surface area (Å²) in [5.41, 5.74) is 4.36. The summed E-state index contributed by atoms with van der Waals surface area (Å²) >= 11 is 0. The zero-order valence-electron chi connectivity index (χ0n) is 14.0. The number of nitrogens with zero attached hydrogens (tertiary/aromatic N) is 1. The minimum absolute atomic E-state index is 0. The number of carbonyl (C=O) groups excluding carboxylic acids is 1. The molecule has 1 aliphatic heterocycles. The molecular weight excluding hydrogens is 324 g/mol. The van der Waals surface area contributed by atoms with Crippen molar-refractivity contribution in [2.75, 3.05) is 13.7 Å². The molecule has 0 aromatic heterocycles. The lowest BCUT2D eigenvalue weighted by Crippen LogP contribution is -2.26. The van der Waals surface area contributed by atoms with Gasteiger partial charge >= 0.3 is 0 Å². The first-order valence-electron chi connectivity index (χ1n) is 7.97. The molecule has 0 bridgehead atoms. The molecule has 0 spiro atoms. The molecule has 24 heavy (non-hydrogen) atoms. The number of benzene rings is 2. The predicted molar refractivity (Wildman–Crippen MR) is 97.6 cm³/mol. The molecule has 0 aliphatic carbocycles. The Kier molecular flexibility index (Phi) is 6.23. The van der Waals surface area contributed by atoms with Crippen molar-refractivity contribution in [3.05, 3.63) is 64.7 Å². The van der Waals surface area contributed by atoms with Gasteiger partial charge in [-0.05, 0) is 47.9 Å². The third-order valence-electron chi connectivity index (χ3n) is 4.08. The largest absolute Gasteiger partial charge is 0.494 e. The van der Waals surface area contributed by atoms with Crippen LogP contribution in [0.1, 0.15) is 34.0 Å². The molecule has 4 nitrogen and oxygen atoms in total. The number of hydrogen-bond acceptors (Lipinski definition) is 3. The molecule has 5 heteroatoms. The van der Waals surface area contributed by atoms with Crippen molar-refractivity contribution in [3.63, 3.8) is 0 Å². The van der Waals surface area contributed by atoms with Crippen LogP contribution in [0.5, 0.6) is 5.75 Å². The maximum Gasteiger partial charge on any atom is 0.253 e. The van der Waals surface area contributed by atoms with Gasteiger partial charge in [-0.3, -0.25) is 4.79 Å². The second-order valence-electron chi connectivity index (χ2n) is 5.83. The molecule has 2 aromatic carbocycles. The summed E-state index contributed by atoms with van der Waals surface area (Å²) in [6.07, 6.45) is 0. The molecule has 1 amide bonds. The fourth-order valence-corrected chi connectivity index (χ4v) is 2.85. The van der Waals surface area contributed by atoms with E-state index in [0.717, 1.165) is 30.0 Å². The number of ether oxygens (including phenoxy) is 1. The maximum absolute atomic E-state index is 12.6. The van der Waals surface area contributed by atoms with Crippen molar-refractivity contribution in [3.8, 4) is 5.75 Å². The van der Waals surface area contributed by atoms with E-state index in [1.165, 1.54) is 11.1 Å². The number of halogens is 1. The quantitative estimate of drug-likeness (QED) is 0.902. The summed E-state index contributed by atoms with van der Waals surface area (Å²) in [6, 6.07) is 13.9. The fraction of sp³-hybridized carbons (Fsp3) is 0.316. The third-order valence-corrected chi connectivity index (χ3v) is 4.08. The van der Waals surface area contributed by atoms with E-state index in [2.05, 4.69) is 5.32 Å². The van der Waals surface area contributed by atoms with Crippen molar-refractivity contribution in [2.24, 2.45) is 0 Å². The van der Waals surface area contributed by atoms with Crippen molar-refractivity contribution in [2.45, 2.75) is 26.6 Å². The fourth-order valence-electron chi connectivity index (χ4n) is 2.85. The van der Waals surface area contributed by atoms with Crippen LogP contribution in [0, 0.1) is 0 Å². The van der Waals surface area contributed by atoms with Gasteiger partial charge in [0.05, 0.1) is 6.61 Å². The van der Waals surface area contributed by atoms with E-state index in [0.29, 0.717) is 13.2 Å². The van der Waals surface area contributed by atoms with Crippen LogP contribution in [0.2, 0.25) is 0 Å². The lowest BCUT2D eigenvalue weighted by atomic mass is 10.1. The molecule has 0 fully saturated rings. The van der Waals surface area contributed by atoms with Crippen molar-refractivity contribution in [1.29, 1.82) is 0 Å². The van der Waals surface area contributed by atoms with E-state index in [1.807, 2.05) is 56.4 Å². The van der Waals surface area contributed by atoms with Gasteiger partial charge in [0.15, 0.2) is 0 Å². The van der Waals surface area contributed by atoms with Gasteiger partial charge in [-0.15, -0.1) is 12.4 Å². The van der Waals surface area contributed by atoms with Crippen molar-refractivity contribution in [1.82, 2.24) is 10.2 Å². The highest BCUT2D eigenvalue weighted by Crippen LogP contribution is 2.19. The summed E-state index contributed by atoms with van der Waals surface area (Å²) in [4.78, 5) is 14.3. The van der Waals surface area contributed by atoms with Crippen LogP contribution in [0.15, 0.2) is 42.5 Å². The highest BCUT2D eigenvalue weighted by Gasteiger charge is 2.16. The van der Waals surface area contributed by atoms with Gasteiger partial charge in [0.2, 0.25) is 0 Å². The maximum atomic E-state index is 12.6. The summed E-state index contributed by atoms with van der Waals surface area (Å²) in [5.74, 6) is 0.907. The third kappa shape index (κ3) is 4.08. The van der Waals surface area contributed by atoms with Crippen LogP contribution in [0.4, 0.5) is 0 Å². The topological polar surface area (TPSA) is 41.6 Å². The van der Waals surface area contributed by atoms with E-state index in [4.69, 9.17) is 4.74 Å². The molecule has 3 rings (SSSR count). The van der Waals surface area contributed by atoms with Gasteiger partial charge in [-0.1, -0.05) is 18.2 Å². The van der Waals surface area contributed by atoms with Crippen LogP contribution in [-0.4, -0.2) is 24.5 Å². The van der Waals surface area contributed by atoms with E-state index in [-0.39, 0.29) is 18.3 Å². The Morgan fingerprint density at radius 2 is 1.83 bits per heavy atom. The standard InChI is InChI=1S/C19H22N2O2.ClH/c1-3-23-18-8-4-14(5-9-18)13-21(2)19(22)15-6-7-16-11-20-12-17(16)10-15;/h4-10,20H,3,11-13H2,1-2H3;1H. The average molecular weight is 347 g/mol. The smallest absolute Gasteiger partial charge is 0.253 e. The van der Waals surface area contributed by atoms with Crippen molar-refractivity contribution < 1.29 is 9.53 Å². The van der Waals surface area contributed by atoms with E-state index in [1.54, 1.807) is 4.90 Å². The Morgan fingerprint density at radius 1 is 1.12 bits per heavy atom. The molecule has 0 saturated heterocycles. The number of amides is 1. The van der Waals surface area contributed by atoms with Crippen LogP contribution in [-0.2, 0) is 19.6 Å². The van der Waals surface area contributed by atoms with Gasteiger partial charge < -0.3 is 15.0 Å². The molecule has 1 heterocycles. The molecule has 1 aliphatic rings. The van der Waals surface area contributed by atoms with E-state index < -0.39 is 0 Å². The molecule has 0 atom stereocenters. The van der Waals surface area contributed by atoms with E-state index >= 15 is 0 Å². The van der Waals surface area contributed by atoms with Crippen LogP contribution >= 0.6 is 12.4 Å². The van der Waals surface area contributed by atoms with Crippen LogP contribution in [0.3, 0.4) is 0 Å². The highest BCUT2D eigenvalue weighted by molar-refractivity contribution is 5.94. The molecule has 128 valence electrons. The zero-order chi connectivity index (χ0) is 16.2. The first-order valence-corrected chi connectivity index (χ1v) is 7.97. The van der Waals surface area contributed by atoms with Crippen LogP contribution in [0.25, 0.3) is 0 Å². The molecule has 1 N–H and O–H groups in total. The Morgan fingerprint density at radius 3 is 2.54 bits per heavy atom. The lowest BCUT2D eigenvalue weighted by Gasteiger charge is -2.18. The summed E-state index contributed by atoms with van der Waals surface area (Å²) in [6.45, 7) is 4.95. The minimum Gasteiger partial charge on any atom is -0.494 e. The Hall–Kier alpha value is -2.04. The predicted octanol–water partition coefficient (Wildman–Crippen LogP) is 3.38. The first-order chi connectivity index (χ1) is 11.2. The second kappa shape index (κ2) is 8.18. The Bertz CT molecular complexity index is 701. The van der Waals surface area contributed by atoms with Gasteiger partial charge in [0, 0.05) is 32.2 Å². The normalized spacial score (nSPS) is 12.2. The van der Waals surface area contributed by atoms with Gasteiger partial charge in [-0.2, -0.15) is 0 Å². The number of hydrogen-bond donors (Lipinski definition) is 1. The number of carbonyl (C=O) groups is 1. The van der Waals surface area contributed by atoms with Crippen LogP contribution < -0.4 is 10.1 Å². The number of rotatable bonds is 5. The Balaban J connectivity index is 0.00000208. The van der Waals surface area contributed by atoms with Gasteiger partial charge in [0.25, 0.3) is 5.91 Å². The molecular formula is C19H23ClN2O2. The summed E-state index contributed by atoms with van der Waals surface area (Å²) < 4.78 is 5.44. The molecule has 0 radical (unpaired) electrons. The average Bonchev–Trinajstić information content (AvgIpc) is 3.03. The molecule has 0 saturated carbocycles. The molecule has 0 unspecified atom stereocenters. The summed E-state index contributed by atoms with van der Waals surface area (Å²) in [5, 5.41) is 3.30.